The molecule has 0 unspecified atom stereocenters. The molecule has 10 heavy (non-hydrogen) atoms. The molecule has 2 N–H and O–H groups in total. The predicted molar refractivity (Wildman–Crippen MR) is 46.0 cm³/mol. The van der Waals surface area contributed by atoms with Crippen LogP contribution in [0.5, 0.6) is 0 Å². The van der Waals surface area contributed by atoms with E-state index in [0.717, 1.165) is 12.8 Å². The Labute approximate surface area is 66.6 Å². The van der Waals surface area contributed by atoms with Crippen molar-refractivity contribution in [2.75, 3.05) is 5.75 Å². The number of primary amides is 1. The van der Waals surface area contributed by atoms with Gasteiger partial charge in [0.1, 0.15) is 0 Å². The Morgan fingerprint density at radius 2 is 2.00 bits per heavy atom. The van der Waals surface area contributed by atoms with E-state index in [4.69, 9.17) is 5.73 Å². The van der Waals surface area contributed by atoms with Crippen LogP contribution in [0.15, 0.2) is 0 Å². The normalized spacial score (nSPS) is 10.3. The summed E-state index contributed by atoms with van der Waals surface area (Å²) in [6.07, 6.45) is 2.24. The molecule has 0 atom stereocenters. The minimum atomic E-state index is -0.211. The van der Waals surface area contributed by atoms with E-state index >= 15 is 0 Å². The van der Waals surface area contributed by atoms with Gasteiger partial charge in [-0.2, -0.15) is 0 Å². The van der Waals surface area contributed by atoms with Gasteiger partial charge in [-0.1, -0.05) is 13.8 Å². The molecule has 0 fully saturated rings. The SMILES string of the molecule is CCC(CC)SCC(N)=O. The summed E-state index contributed by atoms with van der Waals surface area (Å²) in [7, 11) is 0. The highest BCUT2D eigenvalue weighted by molar-refractivity contribution is 8.00. The van der Waals surface area contributed by atoms with E-state index in [1.807, 2.05) is 0 Å². The Hall–Kier alpha value is -0.180. The molecular formula is C7H15NOS. The third-order valence-electron chi connectivity index (χ3n) is 1.37. The summed E-state index contributed by atoms with van der Waals surface area (Å²) in [5, 5.41) is 0.604. The van der Waals surface area contributed by atoms with E-state index in [1.165, 1.54) is 0 Å². The van der Waals surface area contributed by atoms with Crippen molar-refractivity contribution in [3.05, 3.63) is 0 Å². The van der Waals surface area contributed by atoms with Gasteiger partial charge >= 0.3 is 0 Å². The maximum absolute atomic E-state index is 10.3. The van der Waals surface area contributed by atoms with Crippen LogP contribution < -0.4 is 5.73 Å². The lowest BCUT2D eigenvalue weighted by atomic mass is 10.3. The molecule has 0 aromatic carbocycles. The summed E-state index contributed by atoms with van der Waals surface area (Å²) in [5.41, 5.74) is 4.99. The van der Waals surface area contributed by atoms with Crippen LogP contribution in [0.3, 0.4) is 0 Å². The smallest absolute Gasteiger partial charge is 0.227 e. The topological polar surface area (TPSA) is 43.1 Å². The number of carbonyl (C=O) groups is 1. The largest absolute Gasteiger partial charge is 0.369 e. The third kappa shape index (κ3) is 4.68. The molecule has 0 spiro atoms. The lowest BCUT2D eigenvalue weighted by Crippen LogP contribution is -2.15. The lowest BCUT2D eigenvalue weighted by Gasteiger charge is -2.08. The van der Waals surface area contributed by atoms with Gasteiger partial charge in [-0.3, -0.25) is 4.79 Å². The minimum absolute atomic E-state index is 0.211. The quantitative estimate of drug-likeness (QED) is 0.662. The predicted octanol–water partition coefficient (Wildman–Crippen LogP) is 1.39. The van der Waals surface area contributed by atoms with Crippen molar-refractivity contribution in [2.45, 2.75) is 31.9 Å². The van der Waals surface area contributed by atoms with Gasteiger partial charge in [0, 0.05) is 5.25 Å². The van der Waals surface area contributed by atoms with Crippen LogP contribution in [0.2, 0.25) is 0 Å². The monoisotopic (exact) mass is 161 g/mol. The van der Waals surface area contributed by atoms with E-state index in [1.54, 1.807) is 11.8 Å². The number of thioether (sulfide) groups is 1. The van der Waals surface area contributed by atoms with Gasteiger partial charge in [0.2, 0.25) is 5.91 Å². The average molecular weight is 161 g/mol. The average Bonchev–Trinajstić information content (AvgIpc) is 1.90. The molecule has 0 saturated heterocycles. The molecule has 0 saturated carbocycles. The van der Waals surface area contributed by atoms with Crippen molar-refractivity contribution in [1.82, 2.24) is 0 Å². The molecule has 0 aromatic rings. The van der Waals surface area contributed by atoms with E-state index in [2.05, 4.69) is 13.8 Å². The van der Waals surface area contributed by atoms with Crippen LogP contribution in [0.1, 0.15) is 26.7 Å². The summed E-state index contributed by atoms with van der Waals surface area (Å²) in [6, 6.07) is 0. The van der Waals surface area contributed by atoms with Crippen LogP contribution in [0.4, 0.5) is 0 Å². The number of nitrogens with two attached hydrogens (primary N) is 1. The molecule has 0 bridgehead atoms. The van der Waals surface area contributed by atoms with Gasteiger partial charge in [-0.15, -0.1) is 11.8 Å². The molecule has 3 heteroatoms. The van der Waals surface area contributed by atoms with Gasteiger partial charge < -0.3 is 5.73 Å². The van der Waals surface area contributed by atoms with Crippen LogP contribution in [0.25, 0.3) is 0 Å². The number of hydrogen-bond acceptors (Lipinski definition) is 2. The van der Waals surface area contributed by atoms with Gasteiger partial charge in [0.15, 0.2) is 0 Å². The fraction of sp³-hybridized carbons (Fsp3) is 0.857. The molecule has 1 amide bonds. The summed E-state index contributed by atoms with van der Waals surface area (Å²) in [4.78, 5) is 10.3. The zero-order chi connectivity index (χ0) is 7.98. The number of rotatable bonds is 5. The molecule has 2 nitrogen and oxygen atoms in total. The second kappa shape index (κ2) is 5.59. The van der Waals surface area contributed by atoms with Gasteiger partial charge in [-0.05, 0) is 12.8 Å². The molecule has 0 radical (unpaired) electrons. The molecular weight excluding hydrogens is 146 g/mol. The molecule has 0 aliphatic rings. The number of carbonyl (C=O) groups excluding carboxylic acids is 1. The lowest BCUT2D eigenvalue weighted by molar-refractivity contribution is -0.115. The van der Waals surface area contributed by atoms with Crippen LogP contribution in [-0.4, -0.2) is 16.9 Å². The van der Waals surface area contributed by atoms with E-state index in [9.17, 15) is 4.79 Å². The second-order valence-corrected chi connectivity index (χ2v) is 3.50. The van der Waals surface area contributed by atoms with E-state index in [-0.39, 0.29) is 5.91 Å². The highest BCUT2D eigenvalue weighted by Crippen LogP contribution is 2.16. The molecule has 0 rings (SSSR count). The zero-order valence-electron chi connectivity index (χ0n) is 6.59. The first kappa shape index (κ1) is 9.82. The van der Waals surface area contributed by atoms with Crippen LogP contribution >= 0.6 is 11.8 Å². The number of hydrogen-bond donors (Lipinski definition) is 1. The summed E-state index contributed by atoms with van der Waals surface area (Å²) >= 11 is 1.66. The van der Waals surface area contributed by atoms with Crippen molar-refractivity contribution in [2.24, 2.45) is 5.73 Å². The Bertz CT molecular complexity index is 102. The Morgan fingerprint density at radius 1 is 1.50 bits per heavy atom. The van der Waals surface area contributed by atoms with Crippen LogP contribution in [0, 0.1) is 0 Å². The van der Waals surface area contributed by atoms with Crippen molar-refractivity contribution in [3.8, 4) is 0 Å². The van der Waals surface area contributed by atoms with Gasteiger partial charge in [0.25, 0.3) is 0 Å². The van der Waals surface area contributed by atoms with E-state index < -0.39 is 0 Å². The molecule has 0 heterocycles. The van der Waals surface area contributed by atoms with Gasteiger partial charge in [0.05, 0.1) is 5.75 Å². The minimum Gasteiger partial charge on any atom is -0.369 e. The standard InChI is InChI=1S/C7H15NOS/c1-3-6(4-2)10-5-7(8)9/h6H,3-5H2,1-2H3,(H2,8,9). The van der Waals surface area contributed by atoms with Crippen molar-refractivity contribution >= 4 is 17.7 Å². The fourth-order valence-corrected chi connectivity index (χ4v) is 1.60. The van der Waals surface area contributed by atoms with Gasteiger partial charge in [-0.25, -0.2) is 0 Å². The first-order valence-corrected chi connectivity index (χ1v) is 4.65. The molecule has 0 aromatic heterocycles. The number of amides is 1. The third-order valence-corrected chi connectivity index (χ3v) is 2.96. The highest BCUT2D eigenvalue weighted by atomic mass is 32.2. The maximum Gasteiger partial charge on any atom is 0.227 e. The first-order valence-electron chi connectivity index (χ1n) is 3.60. The van der Waals surface area contributed by atoms with Crippen molar-refractivity contribution in [1.29, 1.82) is 0 Å². The van der Waals surface area contributed by atoms with Crippen LogP contribution in [-0.2, 0) is 4.79 Å². The Morgan fingerprint density at radius 3 is 2.30 bits per heavy atom. The molecule has 60 valence electrons. The maximum atomic E-state index is 10.3. The highest BCUT2D eigenvalue weighted by Gasteiger charge is 2.04. The fourth-order valence-electron chi connectivity index (χ4n) is 0.724. The Kier molecular flexibility index (Phi) is 5.49. The van der Waals surface area contributed by atoms with Crippen molar-refractivity contribution in [3.63, 3.8) is 0 Å². The van der Waals surface area contributed by atoms with E-state index in [0.29, 0.717) is 11.0 Å². The Balaban J connectivity index is 3.34. The molecule has 0 aliphatic heterocycles. The summed E-state index contributed by atoms with van der Waals surface area (Å²) < 4.78 is 0. The second-order valence-electron chi connectivity index (χ2n) is 2.22. The zero-order valence-corrected chi connectivity index (χ0v) is 7.41. The van der Waals surface area contributed by atoms with Crippen molar-refractivity contribution < 1.29 is 4.79 Å². The first-order chi connectivity index (χ1) is 4.70. The summed E-state index contributed by atoms with van der Waals surface area (Å²) in [5.74, 6) is 0.253. The summed E-state index contributed by atoms with van der Waals surface area (Å²) in [6.45, 7) is 4.25. The molecule has 0 aliphatic carbocycles.